The Bertz CT molecular complexity index is 1840. The number of aromatic nitrogens is 1. The number of benzene rings is 2. The summed E-state index contributed by atoms with van der Waals surface area (Å²) in [5, 5.41) is 15.1. The van der Waals surface area contributed by atoms with Crippen molar-refractivity contribution in [3.05, 3.63) is 81.5 Å². The molecule has 13 nitrogen and oxygen atoms in total. The monoisotopic (exact) mass is 665 g/mol. The molecule has 0 spiro atoms. The number of β-lactam (4-membered cyclic amide) rings is 1. The van der Waals surface area contributed by atoms with E-state index in [9.17, 15) is 29.1 Å². The van der Waals surface area contributed by atoms with Crippen molar-refractivity contribution < 1.29 is 38.1 Å². The fourth-order valence-electron chi connectivity index (χ4n) is 5.86. The zero-order chi connectivity index (χ0) is 33.2. The third-order valence-corrected chi connectivity index (χ3v) is 9.56. The van der Waals surface area contributed by atoms with E-state index in [2.05, 4.69) is 10.6 Å². The number of anilines is 1. The Kier molecular flexibility index (Phi) is 9.18. The summed E-state index contributed by atoms with van der Waals surface area (Å²) in [6.45, 7) is 4.01. The minimum absolute atomic E-state index is 0.0209. The molecule has 0 radical (unpaired) electrons. The predicted molar refractivity (Wildman–Crippen MR) is 171 cm³/mol. The van der Waals surface area contributed by atoms with E-state index >= 15 is 4.39 Å². The highest BCUT2D eigenvalue weighted by Crippen LogP contribution is 2.40. The van der Waals surface area contributed by atoms with Crippen LogP contribution in [0.4, 0.5) is 10.1 Å². The highest BCUT2D eigenvalue weighted by molar-refractivity contribution is 8.00. The van der Waals surface area contributed by atoms with Crippen LogP contribution in [0.5, 0.6) is 5.75 Å². The lowest BCUT2D eigenvalue weighted by Crippen LogP contribution is -2.71. The molecule has 2 atom stereocenters. The number of thioether (sulfide) groups is 1. The molecule has 47 heavy (non-hydrogen) atoms. The van der Waals surface area contributed by atoms with Crippen molar-refractivity contribution in [1.29, 1.82) is 0 Å². The number of carboxylic acid groups (broad SMARTS) is 1. The number of piperazine rings is 1. The number of rotatable bonds is 10. The quantitative estimate of drug-likeness (QED) is 0.213. The van der Waals surface area contributed by atoms with Gasteiger partial charge in [0.05, 0.1) is 11.2 Å². The standard InChI is InChI=1S/C32H32FN5O8S/c1-2-36-14-21(28(40)20-12-22(33)24(13-23(20)36)37-10-8-34-9-11-37)32(44)46-15-18-17-47-30-26(29(41)38(30)27(18)31(42)43)35-25(39)16-45-19-6-4-3-5-7-19/h3-7,12-14,26,30,34H,2,8-11,15-17H2,1H3,(H,35,39)(H,42,43)/t26-,30-/m0/s1. The Morgan fingerprint density at radius 3 is 2.57 bits per heavy atom. The van der Waals surface area contributed by atoms with Gasteiger partial charge in [-0.1, -0.05) is 18.2 Å². The van der Waals surface area contributed by atoms with Gasteiger partial charge in [0.1, 0.15) is 40.8 Å². The number of halogens is 1. The largest absolute Gasteiger partial charge is 0.484 e. The number of hydrogen-bond acceptors (Lipinski definition) is 10. The fourth-order valence-corrected chi connectivity index (χ4v) is 7.19. The van der Waals surface area contributed by atoms with Crippen LogP contribution in [0.15, 0.2) is 64.7 Å². The molecule has 246 valence electrons. The van der Waals surface area contributed by atoms with Crippen LogP contribution < -0.4 is 25.7 Å². The number of amides is 2. The van der Waals surface area contributed by atoms with Crippen LogP contribution >= 0.6 is 11.8 Å². The van der Waals surface area contributed by atoms with Gasteiger partial charge in [-0.25, -0.2) is 14.0 Å². The number of nitrogens with zero attached hydrogens (tertiary/aromatic N) is 3. The summed E-state index contributed by atoms with van der Waals surface area (Å²) >= 11 is 1.21. The average Bonchev–Trinajstić information content (AvgIpc) is 3.09. The number of carboxylic acids is 1. The molecule has 2 saturated heterocycles. The smallest absolute Gasteiger partial charge is 0.352 e. The Labute approximate surface area is 272 Å². The molecule has 3 aromatic rings. The van der Waals surface area contributed by atoms with Crippen LogP contribution in [-0.2, 0) is 25.7 Å². The normalized spacial score (nSPS) is 19.2. The van der Waals surface area contributed by atoms with Crippen LogP contribution in [0.25, 0.3) is 10.9 Å². The van der Waals surface area contributed by atoms with Gasteiger partial charge < -0.3 is 34.7 Å². The lowest BCUT2D eigenvalue weighted by molar-refractivity contribution is -0.151. The summed E-state index contributed by atoms with van der Waals surface area (Å²) < 4.78 is 27.7. The van der Waals surface area contributed by atoms with Crippen molar-refractivity contribution in [2.24, 2.45) is 0 Å². The molecule has 0 unspecified atom stereocenters. The number of pyridine rings is 1. The zero-order valence-electron chi connectivity index (χ0n) is 25.4. The number of aryl methyl sites for hydroxylation is 1. The zero-order valence-corrected chi connectivity index (χ0v) is 26.2. The van der Waals surface area contributed by atoms with Gasteiger partial charge in [-0.3, -0.25) is 19.3 Å². The minimum atomic E-state index is -1.40. The second kappa shape index (κ2) is 13.5. The number of fused-ring (bicyclic) bond motifs is 2. The molecule has 2 fully saturated rings. The number of para-hydroxylation sites is 1. The number of ether oxygens (including phenoxy) is 2. The van der Waals surface area contributed by atoms with Gasteiger partial charge in [0.25, 0.3) is 11.8 Å². The van der Waals surface area contributed by atoms with E-state index in [1.54, 1.807) is 41.0 Å². The molecule has 4 heterocycles. The molecule has 2 aromatic carbocycles. The van der Waals surface area contributed by atoms with Gasteiger partial charge in [-0.15, -0.1) is 11.8 Å². The maximum absolute atomic E-state index is 15.2. The van der Waals surface area contributed by atoms with Crippen molar-refractivity contribution in [2.45, 2.75) is 24.9 Å². The van der Waals surface area contributed by atoms with E-state index in [-0.39, 0.29) is 34.6 Å². The van der Waals surface area contributed by atoms with Gasteiger partial charge >= 0.3 is 11.9 Å². The van der Waals surface area contributed by atoms with Crippen LogP contribution in [0, 0.1) is 5.82 Å². The summed E-state index contributed by atoms with van der Waals surface area (Å²) in [5.41, 5.74) is -0.378. The van der Waals surface area contributed by atoms with E-state index in [1.807, 2.05) is 11.8 Å². The molecular weight excluding hydrogens is 633 g/mol. The maximum atomic E-state index is 15.2. The van der Waals surface area contributed by atoms with Crippen LogP contribution in [0.2, 0.25) is 0 Å². The van der Waals surface area contributed by atoms with E-state index in [0.717, 1.165) is 11.0 Å². The molecule has 15 heteroatoms. The molecule has 0 saturated carbocycles. The molecule has 6 rings (SSSR count). The van der Waals surface area contributed by atoms with Gasteiger partial charge in [-0.05, 0) is 31.2 Å². The number of aliphatic carboxylic acids is 1. The van der Waals surface area contributed by atoms with Crippen LogP contribution in [0.3, 0.4) is 0 Å². The van der Waals surface area contributed by atoms with E-state index in [1.165, 1.54) is 18.0 Å². The maximum Gasteiger partial charge on any atom is 0.352 e. The number of carbonyl (C=O) groups excluding carboxylic acids is 3. The number of carbonyl (C=O) groups is 4. The Hall–Kier alpha value is -4.89. The van der Waals surface area contributed by atoms with Crippen molar-refractivity contribution in [2.75, 3.05) is 50.0 Å². The summed E-state index contributed by atoms with van der Waals surface area (Å²) in [6, 6.07) is 10.5. The van der Waals surface area contributed by atoms with Crippen LogP contribution in [0.1, 0.15) is 17.3 Å². The van der Waals surface area contributed by atoms with Gasteiger partial charge in [0, 0.05) is 55.6 Å². The van der Waals surface area contributed by atoms with E-state index in [0.29, 0.717) is 49.7 Å². The average molecular weight is 666 g/mol. The number of esters is 1. The lowest BCUT2D eigenvalue weighted by atomic mass is 10.0. The highest BCUT2D eigenvalue weighted by Gasteiger charge is 2.54. The summed E-state index contributed by atoms with van der Waals surface area (Å²) in [5.74, 6) is -3.58. The third-order valence-electron chi connectivity index (χ3n) is 8.22. The van der Waals surface area contributed by atoms with Crippen LogP contribution in [-0.4, -0.2) is 94.9 Å². The summed E-state index contributed by atoms with van der Waals surface area (Å²) in [6.07, 6.45) is 1.36. The first-order chi connectivity index (χ1) is 22.7. The van der Waals surface area contributed by atoms with Gasteiger partial charge in [0.2, 0.25) is 5.43 Å². The van der Waals surface area contributed by atoms with Crippen molar-refractivity contribution in [1.82, 2.24) is 20.1 Å². The van der Waals surface area contributed by atoms with E-state index in [4.69, 9.17) is 9.47 Å². The minimum Gasteiger partial charge on any atom is -0.484 e. The lowest BCUT2D eigenvalue weighted by Gasteiger charge is -2.49. The molecule has 3 aliphatic rings. The predicted octanol–water partition coefficient (Wildman–Crippen LogP) is 1.54. The van der Waals surface area contributed by atoms with Crippen molar-refractivity contribution in [3.63, 3.8) is 0 Å². The molecule has 1 aromatic heterocycles. The second-order valence-corrected chi connectivity index (χ2v) is 12.2. The highest BCUT2D eigenvalue weighted by atomic mass is 32.2. The third kappa shape index (κ3) is 6.27. The molecule has 3 N–H and O–H groups in total. The Morgan fingerprint density at radius 1 is 1.13 bits per heavy atom. The molecule has 2 amide bonds. The first-order valence-corrected chi connectivity index (χ1v) is 16.1. The van der Waals surface area contributed by atoms with Crippen molar-refractivity contribution >= 4 is 52.1 Å². The number of nitrogens with one attached hydrogen (secondary N) is 2. The fraction of sp³-hybridized carbons (Fsp3) is 0.344. The first-order valence-electron chi connectivity index (χ1n) is 15.0. The first kappa shape index (κ1) is 32.1. The van der Waals surface area contributed by atoms with E-state index < -0.39 is 53.0 Å². The molecule has 3 aliphatic heterocycles. The second-order valence-electron chi connectivity index (χ2n) is 11.1. The van der Waals surface area contributed by atoms with Gasteiger partial charge in [-0.2, -0.15) is 0 Å². The SMILES string of the molecule is CCn1cc(C(=O)OCC2=C(C(=O)O)N3C(=O)[C@H](NC(=O)COc4ccccc4)[C@@H]3SC2)c(=O)c2cc(F)c(N3CCNCC3)cc21. The summed E-state index contributed by atoms with van der Waals surface area (Å²) in [4.78, 5) is 67.2. The number of hydrogen-bond donors (Lipinski definition) is 3. The van der Waals surface area contributed by atoms with Gasteiger partial charge in [0.15, 0.2) is 6.61 Å². The Balaban J connectivity index is 1.16. The topological polar surface area (TPSA) is 160 Å². The molecule has 0 bridgehead atoms. The Morgan fingerprint density at radius 2 is 1.87 bits per heavy atom. The molecular formula is C32H32FN5O8S. The van der Waals surface area contributed by atoms with Crippen molar-refractivity contribution in [3.8, 4) is 5.75 Å². The molecule has 0 aliphatic carbocycles. The summed E-state index contributed by atoms with van der Waals surface area (Å²) in [7, 11) is 0.